The summed E-state index contributed by atoms with van der Waals surface area (Å²) in [6, 6.07) is 8.17. The molecule has 0 aliphatic rings. The number of carboxylic acids is 1. The number of carbonyl (C=O) groups is 1. The Kier molecular flexibility index (Phi) is 4.08. The maximum absolute atomic E-state index is 11.1. The molecule has 1 aromatic heterocycles. The van der Waals surface area contributed by atoms with Crippen LogP contribution in [0.15, 0.2) is 30.5 Å². The third-order valence-electron chi connectivity index (χ3n) is 3.33. The monoisotopic (exact) mass is 273 g/mol. The molecule has 0 saturated carbocycles. The summed E-state index contributed by atoms with van der Waals surface area (Å²) in [7, 11) is 1.74. The molecule has 0 atom stereocenters. The molecule has 0 amide bonds. The predicted octanol–water partition coefficient (Wildman–Crippen LogP) is 2.85. The standard InChI is InChI=1S/C15H19N3O2/c1-10(2)11-4-6-12(7-5-11)16-9-14-13(15(19)20)8-17-18(14)3/h4-8,10,16H,9H2,1-3H3,(H,19,20). The van der Waals surface area contributed by atoms with Crippen molar-refractivity contribution < 1.29 is 9.90 Å². The zero-order valence-electron chi connectivity index (χ0n) is 11.9. The van der Waals surface area contributed by atoms with E-state index in [2.05, 4.69) is 36.4 Å². The van der Waals surface area contributed by atoms with Gasteiger partial charge in [0.2, 0.25) is 0 Å². The van der Waals surface area contributed by atoms with Gasteiger partial charge >= 0.3 is 5.97 Å². The fourth-order valence-electron chi connectivity index (χ4n) is 2.02. The second-order valence-corrected chi connectivity index (χ2v) is 5.06. The van der Waals surface area contributed by atoms with E-state index < -0.39 is 5.97 Å². The second-order valence-electron chi connectivity index (χ2n) is 5.06. The zero-order valence-corrected chi connectivity index (χ0v) is 11.9. The first-order valence-corrected chi connectivity index (χ1v) is 6.57. The van der Waals surface area contributed by atoms with E-state index in [9.17, 15) is 4.79 Å². The van der Waals surface area contributed by atoms with E-state index in [1.54, 1.807) is 11.7 Å². The number of aromatic nitrogens is 2. The van der Waals surface area contributed by atoms with Gasteiger partial charge in [-0.1, -0.05) is 26.0 Å². The fraction of sp³-hybridized carbons (Fsp3) is 0.333. The summed E-state index contributed by atoms with van der Waals surface area (Å²) < 4.78 is 1.58. The van der Waals surface area contributed by atoms with Crippen LogP contribution in [0.1, 0.15) is 41.4 Å². The Balaban J connectivity index is 2.09. The molecule has 1 aromatic carbocycles. The number of aromatic carboxylic acids is 1. The lowest BCUT2D eigenvalue weighted by Gasteiger charge is -2.10. The summed E-state index contributed by atoms with van der Waals surface area (Å²) in [5.41, 5.74) is 3.14. The van der Waals surface area contributed by atoms with Crippen LogP contribution in [0.4, 0.5) is 5.69 Å². The topological polar surface area (TPSA) is 67.2 Å². The maximum atomic E-state index is 11.1. The average Bonchev–Trinajstić information content (AvgIpc) is 2.78. The molecule has 2 rings (SSSR count). The Morgan fingerprint density at radius 2 is 2.00 bits per heavy atom. The van der Waals surface area contributed by atoms with Crippen molar-refractivity contribution in [3.05, 3.63) is 47.3 Å². The van der Waals surface area contributed by atoms with E-state index in [-0.39, 0.29) is 5.56 Å². The van der Waals surface area contributed by atoms with Crippen LogP contribution >= 0.6 is 0 Å². The number of carboxylic acid groups (broad SMARTS) is 1. The number of hydrogen-bond donors (Lipinski definition) is 2. The maximum Gasteiger partial charge on any atom is 0.339 e. The Morgan fingerprint density at radius 1 is 1.35 bits per heavy atom. The van der Waals surface area contributed by atoms with Crippen molar-refractivity contribution in [1.29, 1.82) is 0 Å². The minimum Gasteiger partial charge on any atom is -0.478 e. The van der Waals surface area contributed by atoms with Crippen molar-refractivity contribution in [2.75, 3.05) is 5.32 Å². The number of rotatable bonds is 5. The molecule has 0 saturated heterocycles. The minimum absolute atomic E-state index is 0.235. The normalized spacial score (nSPS) is 10.8. The van der Waals surface area contributed by atoms with Gasteiger partial charge < -0.3 is 10.4 Å². The highest BCUT2D eigenvalue weighted by molar-refractivity contribution is 5.88. The van der Waals surface area contributed by atoms with E-state index in [0.29, 0.717) is 18.2 Å². The van der Waals surface area contributed by atoms with Crippen LogP contribution in [0.2, 0.25) is 0 Å². The fourth-order valence-corrected chi connectivity index (χ4v) is 2.02. The highest BCUT2D eigenvalue weighted by atomic mass is 16.4. The summed E-state index contributed by atoms with van der Waals surface area (Å²) in [5, 5.41) is 16.3. The lowest BCUT2D eigenvalue weighted by molar-refractivity contribution is 0.0695. The van der Waals surface area contributed by atoms with Crippen molar-refractivity contribution in [1.82, 2.24) is 9.78 Å². The van der Waals surface area contributed by atoms with Gasteiger partial charge in [-0.15, -0.1) is 0 Å². The highest BCUT2D eigenvalue weighted by Gasteiger charge is 2.14. The van der Waals surface area contributed by atoms with Gasteiger partial charge in [-0.2, -0.15) is 5.10 Å². The number of nitrogens with one attached hydrogen (secondary N) is 1. The van der Waals surface area contributed by atoms with Crippen LogP contribution in [0.3, 0.4) is 0 Å². The first-order chi connectivity index (χ1) is 9.49. The number of nitrogens with zero attached hydrogens (tertiary/aromatic N) is 2. The summed E-state index contributed by atoms with van der Waals surface area (Å²) in [6.07, 6.45) is 1.38. The molecule has 20 heavy (non-hydrogen) atoms. The van der Waals surface area contributed by atoms with Crippen molar-refractivity contribution in [2.24, 2.45) is 7.05 Å². The van der Waals surface area contributed by atoms with Gasteiger partial charge in [0, 0.05) is 12.7 Å². The zero-order chi connectivity index (χ0) is 14.7. The number of hydrogen-bond acceptors (Lipinski definition) is 3. The molecule has 2 N–H and O–H groups in total. The second kappa shape index (κ2) is 5.77. The molecule has 0 unspecified atom stereocenters. The van der Waals surface area contributed by atoms with E-state index in [1.165, 1.54) is 11.8 Å². The van der Waals surface area contributed by atoms with Gasteiger partial charge in [-0.3, -0.25) is 4.68 Å². The molecule has 0 aliphatic heterocycles. The number of anilines is 1. The third kappa shape index (κ3) is 2.99. The largest absolute Gasteiger partial charge is 0.478 e. The van der Waals surface area contributed by atoms with Crippen molar-refractivity contribution in [3.63, 3.8) is 0 Å². The van der Waals surface area contributed by atoms with Crippen LogP contribution in [0, 0.1) is 0 Å². The van der Waals surface area contributed by atoms with Gasteiger partial charge in [0.05, 0.1) is 18.4 Å². The Morgan fingerprint density at radius 3 is 2.55 bits per heavy atom. The molecular weight excluding hydrogens is 254 g/mol. The average molecular weight is 273 g/mol. The van der Waals surface area contributed by atoms with Gasteiger partial charge in [-0.05, 0) is 23.6 Å². The molecule has 2 aromatic rings. The predicted molar refractivity (Wildman–Crippen MR) is 78.0 cm³/mol. The smallest absolute Gasteiger partial charge is 0.339 e. The SMILES string of the molecule is CC(C)c1ccc(NCc2c(C(=O)O)cnn2C)cc1. The Bertz CT molecular complexity index is 600. The molecule has 0 radical (unpaired) electrons. The molecule has 0 fully saturated rings. The molecular formula is C15H19N3O2. The number of benzene rings is 1. The van der Waals surface area contributed by atoms with Gasteiger partial charge in [-0.25, -0.2) is 4.79 Å². The molecule has 1 heterocycles. The van der Waals surface area contributed by atoms with Crippen LogP contribution in [0.5, 0.6) is 0 Å². The van der Waals surface area contributed by atoms with E-state index >= 15 is 0 Å². The van der Waals surface area contributed by atoms with Gasteiger partial charge in [0.15, 0.2) is 0 Å². The first-order valence-electron chi connectivity index (χ1n) is 6.57. The lowest BCUT2D eigenvalue weighted by atomic mass is 10.0. The molecule has 5 nitrogen and oxygen atoms in total. The van der Waals surface area contributed by atoms with Crippen molar-refractivity contribution in [3.8, 4) is 0 Å². The van der Waals surface area contributed by atoms with Crippen molar-refractivity contribution in [2.45, 2.75) is 26.3 Å². The number of aryl methyl sites for hydroxylation is 1. The van der Waals surface area contributed by atoms with Gasteiger partial charge in [0.25, 0.3) is 0 Å². The van der Waals surface area contributed by atoms with Gasteiger partial charge in [0.1, 0.15) is 5.56 Å². The van der Waals surface area contributed by atoms with Crippen molar-refractivity contribution >= 4 is 11.7 Å². The van der Waals surface area contributed by atoms with E-state index in [1.807, 2.05) is 12.1 Å². The minimum atomic E-state index is -0.954. The first kappa shape index (κ1) is 14.1. The third-order valence-corrected chi connectivity index (χ3v) is 3.33. The van der Waals surface area contributed by atoms with Crippen LogP contribution in [-0.2, 0) is 13.6 Å². The summed E-state index contributed by atoms with van der Waals surface area (Å²) in [5.74, 6) is -0.454. The van der Waals surface area contributed by atoms with E-state index in [0.717, 1.165) is 5.69 Å². The Hall–Kier alpha value is -2.30. The molecule has 0 spiro atoms. The van der Waals surface area contributed by atoms with Crippen LogP contribution in [0.25, 0.3) is 0 Å². The summed E-state index contributed by atoms with van der Waals surface area (Å²) in [4.78, 5) is 11.1. The summed E-state index contributed by atoms with van der Waals surface area (Å²) in [6.45, 7) is 4.73. The van der Waals surface area contributed by atoms with E-state index in [4.69, 9.17) is 5.11 Å². The molecule has 0 aliphatic carbocycles. The molecule has 0 bridgehead atoms. The Labute approximate surface area is 118 Å². The van der Waals surface area contributed by atoms with Crippen LogP contribution in [-0.4, -0.2) is 20.9 Å². The summed E-state index contributed by atoms with van der Waals surface area (Å²) >= 11 is 0. The molecule has 5 heteroatoms. The quantitative estimate of drug-likeness (QED) is 0.879. The van der Waals surface area contributed by atoms with Crippen LogP contribution < -0.4 is 5.32 Å². The highest BCUT2D eigenvalue weighted by Crippen LogP contribution is 2.18. The molecule has 106 valence electrons. The lowest BCUT2D eigenvalue weighted by Crippen LogP contribution is -2.10.